The van der Waals surface area contributed by atoms with E-state index < -0.39 is 5.97 Å². The molecule has 0 amide bonds. The van der Waals surface area contributed by atoms with Crippen molar-refractivity contribution in [3.8, 4) is 11.6 Å². The summed E-state index contributed by atoms with van der Waals surface area (Å²) < 4.78 is 5.47. The second kappa shape index (κ2) is 4.88. The van der Waals surface area contributed by atoms with Crippen LogP contribution in [0.5, 0.6) is 11.6 Å². The zero-order chi connectivity index (χ0) is 13.9. The molecule has 3 rings (SSSR count). The van der Waals surface area contributed by atoms with Crippen molar-refractivity contribution in [2.75, 3.05) is 0 Å². The van der Waals surface area contributed by atoms with Gasteiger partial charge in [-0.2, -0.15) is 4.98 Å². The summed E-state index contributed by atoms with van der Waals surface area (Å²) in [5.74, 6) is -0.483. The molecular formula is C13H8N4O3. The third-order valence-electron chi connectivity index (χ3n) is 2.49. The number of aromatic carboxylic acids is 1. The lowest BCUT2D eigenvalue weighted by Crippen LogP contribution is -1.98. The van der Waals surface area contributed by atoms with E-state index in [-0.39, 0.29) is 5.56 Å². The van der Waals surface area contributed by atoms with Gasteiger partial charge in [-0.3, -0.25) is 9.97 Å². The van der Waals surface area contributed by atoms with Crippen LogP contribution in [-0.2, 0) is 0 Å². The monoisotopic (exact) mass is 268 g/mol. The number of carboxylic acids is 1. The first-order valence-electron chi connectivity index (χ1n) is 5.66. The fourth-order valence-electron chi connectivity index (χ4n) is 1.61. The Kier molecular flexibility index (Phi) is 2.92. The van der Waals surface area contributed by atoms with Gasteiger partial charge in [-0.1, -0.05) is 0 Å². The highest BCUT2D eigenvalue weighted by Crippen LogP contribution is 2.20. The molecule has 0 saturated carbocycles. The van der Waals surface area contributed by atoms with E-state index in [4.69, 9.17) is 9.84 Å². The van der Waals surface area contributed by atoms with E-state index in [9.17, 15) is 4.79 Å². The van der Waals surface area contributed by atoms with Crippen molar-refractivity contribution in [3.63, 3.8) is 0 Å². The average Bonchev–Trinajstić information content (AvgIpc) is 2.47. The molecular weight excluding hydrogens is 260 g/mol. The Morgan fingerprint density at radius 1 is 1.15 bits per heavy atom. The van der Waals surface area contributed by atoms with Crippen LogP contribution in [0, 0.1) is 0 Å². The number of hydrogen-bond donors (Lipinski definition) is 1. The molecule has 7 heteroatoms. The van der Waals surface area contributed by atoms with Gasteiger partial charge >= 0.3 is 5.97 Å². The summed E-state index contributed by atoms with van der Waals surface area (Å²) in [5.41, 5.74) is 1.15. The molecule has 3 heterocycles. The lowest BCUT2D eigenvalue weighted by atomic mass is 10.3. The number of nitrogens with zero attached hydrogens (tertiary/aromatic N) is 4. The van der Waals surface area contributed by atoms with E-state index in [1.165, 1.54) is 24.7 Å². The molecule has 3 aromatic rings. The Morgan fingerprint density at radius 3 is 2.85 bits per heavy atom. The molecule has 0 atom stereocenters. The standard InChI is InChI=1S/C13H8N4O3/c18-13(19)8-5-9(7-14-6-8)20-11-2-1-10-12(17-11)16-4-3-15-10/h1-7H,(H,18,19). The van der Waals surface area contributed by atoms with Gasteiger partial charge in [0.05, 0.1) is 11.8 Å². The summed E-state index contributed by atoms with van der Waals surface area (Å²) in [6.07, 6.45) is 5.76. The molecule has 1 N–H and O–H groups in total. The van der Waals surface area contributed by atoms with Gasteiger partial charge in [0.1, 0.15) is 11.3 Å². The maximum absolute atomic E-state index is 10.9. The van der Waals surface area contributed by atoms with Crippen molar-refractivity contribution in [1.82, 2.24) is 19.9 Å². The summed E-state index contributed by atoms with van der Waals surface area (Å²) in [6, 6.07) is 4.72. The Balaban J connectivity index is 1.92. The first kappa shape index (κ1) is 12.0. The summed E-state index contributed by atoms with van der Waals surface area (Å²) in [6.45, 7) is 0. The van der Waals surface area contributed by atoms with Crippen LogP contribution in [0.2, 0.25) is 0 Å². The fraction of sp³-hybridized carbons (Fsp3) is 0. The van der Waals surface area contributed by atoms with Gasteiger partial charge in [-0.05, 0) is 12.1 Å². The normalized spacial score (nSPS) is 10.4. The number of hydrogen-bond acceptors (Lipinski definition) is 6. The maximum Gasteiger partial charge on any atom is 0.337 e. The minimum Gasteiger partial charge on any atom is -0.478 e. The van der Waals surface area contributed by atoms with E-state index in [1.807, 2.05) is 0 Å². The lowest BCUT2D eigenvalue weighted by Gasteiger charge is -2.05. The highest BCUT2D eigenvalue weighted by Gasteiger charge is 2.07. The number of fused-ring (bicyclic) bond motifs is 1. The van der Waals surface area contributed by atoms with Gasteiger partial charge in [0.15, 0.2) is 5.65 Å². The summed E-state index contributed by atoms with van der Waals surface area (Å²) in [4.78, 5) is 27.0. The summed E-state index contributed by atoms with van der Waals surface area (Å²) >= 11 is 0. The fourth-order valence-corrected chi connectivity index (χ4v) is 1.61. The second-order valence-corrected chi connectivity index (χ2v) is 3.87. The van der Waals surface area contributed by atoms with Gasteiger partial charge in [0.2, 0.25) is 5.88 Å². The number of carboxylic acid groups (broad SMARTS) is 1. The van der Waals surface area contributed by atoms with Crippen LogP contribution in [-0.4, -0.2) is 31.0 Å². The predicted octanol–water partition coefficient (Wildman–Crippen LogP) is 1.91. The zero-order valence-corrected chi connectivity index (χ0v) is 10.1. The molecule has 20 heavy (non-hydrogen) atoms. The minimum absolute atomic E-state index is 0.0445. The van der Waals surface area contributed by atoms with Crippen LogP contribution in [0.15, 0.2) is 43.0 Å². The molecule has 0 bridgehead atoms. The van der Waals surface area contributed by atoms with Crippen LogP contribution in [0.3, 0.4) is 0 Å². The number of carbonyl (C=O) groups is 1. The minimum atomic E-state index is -1.07. The maximum atomic E-state index is 10.9. The molecule has 0 aromatic carbocycles. The molecule has 0 spiro atoms. The Bertz CT molecular complexity index is 791. The number of pyridine rings is 2. The highest BCUT2D eigenvalue weighted by atomic mass is 16.5. The van der Waals surface area contributed by atoms with Crippen molar-refractivity contribution in [2.45, 2.75) is 0 Å². The molecule has 98 valence electrons. The lowest BCUT2D eigenvalue weighted by molar-refractivity contribution is 0.0696. The Hall–Kier alpha value is -3.09. The first-order chi connectivity index (χ1) is 9.72. The van der Waals surface area contributed by atoms with E-state index in [0.29, 0.717) is 22.8 Å². The van der Waals surface area contributed by atoms with Crippen LogP contribution in [0.25, 0.3) is 11.2 Å². The van der Waals surface area contributed by atoms with Gasteiger partial charge in [0, 0.05) is 24.7 Å². The summed E-state index contributed by atoms with van der Waals surface area (Å²) in [7, 11) is 0. The molecule has 0 aliphatic carbocycles. The third-order valence-corrected chi connectivity index (χ3v) is 2.49. The van der Waals surface area contributed by atoms with E-state index in [1.54, 1.807) is 18.3 Å². The highest BCUT2D eigenvalue weighted by molar-refractivity contribution is 5.87. The number of aromatic nitrogens is 4. The van der Waals surface area contributed by atoms with Gasteiger partial charge in [-0.25, -0.2) is 9.78 Å². The van der Waals surface area contributed by atoms with Crippen molar-refractivity contribution < 1.29 is 14.6 Å². The van der Waals surface area contributed by atoms with Crippen molar-refractivity contribution >= 4 is 17.1 Å². The van der Waals surface area contributed by atoms with Crippen LogP contribution in [0.4, 0.5) is 0 Å². The van der Waals surface area contributed by atoms with Crippen LogP contribution >= 0.6 is 0 Å². The summed E-state index contributed by atoms with van der Waals surface area (Å²) in [5, 5.41) is 8.89. The van der Waals surface area contributed by atoms with Crippen molar-refractivity contribution in [3.05, 3.63) is 48.5 Å². The quantitative estimate of drug-likeness (QED) is 0.774. The molecule has 7 nitrogen and oxygen atoms in total. The molecule has 0 unspecified atom stereocenters. The van der Waals surface area contributed by atoms with Crippen molar-refractivity contribution in [1.29, 1.82) is 0 Å². The number of rotatable bonds is 3. The second-order valence-electron chi connectivity index (χ2n) is 3.87. The first-order valence-corrected chi connectivity index (χ1v) is 5.66. The van der Waals surface area contributed by atoms with Gasteiger partial charge in [0.25, 0.3) is 0 Å². The van der Waals surface area contributed by atoms with Gasteiger partial charge in [-0.15, -0.1) is 0 Å². The largest absolute Gasteiger partial charge is 0.478 e. The molecule has 0 saturated heterocycles. The van der Waals surface area contributed by atoms with Crippen molar-refractivity contribution in [2.24, 2.45) is 0 Å². The van der Waals surface area contributed by atoms with Crippen LogP contribution < -0.4 is 4.74 Å². The molecule has 0 fully saturated rings. The Labute approximate surface area is 112 Å². The molecule has 0 aliphatic heterocycles. The predicted molar refractivity (Wildman–Crippen MR) is 68.6 cm³/mol. The van der Waals surface area contributed by atoms with E-state index in [2.05, 4.69) is 19.9 Å². The Morgan fingerprint density at radius 2 is 2.00 bits per heavy atom. The zero-order valence-electron chi connectivity index (χ0n) is 10.1. The third kappa shape index (κ3) is 2.37. The van der Waals surface area contributed by atoms with E-state index >= 15 is 0 Å². The molecule has 0 radical (unpaired) electrons. The molecule has 0 aliphatic rings. The number of ether oxygens (including phenoxy) is 1. The van der Waals surface area contributed by atoms with E-state index in [0.717, 1.165) is 0 Å². The van der Waals surface area contributed by atoms with Crippen LogP contribution in [0.1, 0.15) is 10.4 Å². The topological polar surface area (TPSA) is 98.1 Å². The SMILES string of the molecule is O=C(O)c1cncc(Oc2ccc3nccnc3n2)c1. The smallest absolute Gasteiger partial charge is 0.337 e. The molecule has 3 aromatic heterocycles. The van der Waals surface area contributed by atoms with Gasteiger partial charge < -0.3 is 9.84 Å². The average molecular weight is 268 g/mol.